The summed E-state index contributed by atoms with van der Waals surface area (Å²) in [6, 6.07) is 9.00. The number of rotatable bonds is 6. The predicted octanol–water partition coefficient (Wildman–Crippen LogP) is 3.13. The van der Waals surface area contributed by atoms with Crippen LogP contribution in [0.4, 0.5) is 0 Å². The Bertz CT molecular complexity index is 373. The molecule has 0 aromatic heterocycles. The van der Waals surface area contributed by atoms with E-state index in [4.69, 9.17) is 11.6 Å². The van der Waals surface area contributed by atoms with Gasteiger partial charge in [0.1, 0.15) is 0 Å². The Kier molecular flexibility index (Phi) is 5.04. The minimum atomic E-state index is 0.704. The summed E-state index contributed by atoms with van der Waals surface area (Å²) in [7, 11) is 4.25. The molecule has 0 aliphatic heterocycles. The summed E-state index contributed by atoms with van der Waals surface area (Å²) < 4.78 is 0. The molecule has 0 unspecified atom stereocenters. The average molecular weight is 267 g/mol. The van der Waals surface area contributed by atoms with Gasteiger partial charge in [-0.05, 0) is 70.1 Å². The lowest BCUT2D eigenvalue weighted by atomic mass is 9.76. The third-order valence-electron chi connectivity index (χ3n) is 3.67. The Labute approximate surface area is 115 Å². The first-order valence-electron chi connectivity index (χ1n) is 6.78. The maximum atomic E-state index is 6.02. The maximum absolute atomic E-state index is 6.02. The average Bonchev–Trinajstić information content (AvgIpc) is 2.25. The van der Waals surface area contributed by atoms with E-state index in [1.807, 2.05) is 6.07 Å². The highest BCUT2D eigenvalue weighted by Gasteiger charge is 2.29. The summed E-state index contributed by atoms with van der Waals surface area (Å²) in [5.41, 5.74) is 1.40. The lowest BCUT2D eigenvalue weighted by molar-refractivity contribution is 0.284. The largest absolute Gasteiger partial charge is 0.314 e. The summed E-state index contributed by atoms with van der Waals surface area (Å²) in [5.74, 6) is 0.704. The molecule has 0 saturated heterocycles. The van der Waals surface area contributed by atoms with Gasteiger partial charge in [-0.2, -0.15) is 0 Å². The van der Waals surface area contributed by atoms with Gasteiger partial charge in [-0.25, -0.2) is 0 Å². The number of halogens is 1. The molecule has 2 nitrogen and oxygen atoms in total. The Morgan fingerprint density at radius 1 is 1.33 bits per heavy atom. The molecular formula is C15H23ClN2. The fraction of sp³-hybridized carbons (Fsp3) is 0.600. The molecular weight excluding hydrogens is 244 g/mol. The second-order valence-corrected chi connectivity index (χ2v) is 5.97. The van der Waals surface area contributed by atoms with Crippen LogP contribution in [0.2, 0.25) is 5.02 Å². The zero-order chi connectivity index (χ0) is 13.0. The monoisotopic (exact) mass is 266 g/mol. The number of hydrogen-bond donors (Lipinski definition) is 1. The van der Waals surface area contributed by atoms with Gasteiger partial charge < -0.3 is 10.2 Å². The first kappa shape index (κ1) is 13.9. The van der Waals surface area contributed by atoms with Crippen LogP contribution in [0.25, 0.3) is 0 Å². The molecule has 1 aliphatic carbocycles. The van der Waals surface area contributed by atoms with E-state index in [0.717, 1.165) is 18.1 Å². The van der Waals surface area contributed by atoms with E-state index in [1.165, 1.54) is 24.8 Å². The van der Waals surface area contributed by atoms with Crippen molar-refractivity contribution in [1.82, 2.24) is 10.2 Å². The minimum Gasteiger partial charge on any atom is -0.314 e. The highest BCUT2D eigenvalue weighted by atomic mass is 35.5. The zero-order valence-corrected chi connectivity index (χ0v) is 12.1. The molecule has 0 atom stereocenters. The van der Waals surface area contributed by atoms with Crippen molar-refractivity contribution in [1.29, 1.82) is 0 Å². The molecule has 100 valence electrons. The third kappa shape index (κ3) is 3.98. The second-order valence-electron chi connectivity index (χ2n) is 5.53. The smallest absolute Gasteiger partial charge is 0.0408 e. The molecule has 18 heavy (non-hydrogen) atoms. The van der Waals surface area contributed by atoms with Crippen molar-refractivity contribution in [2.75, 3.05) is 27.2 Å². The lowest BCUT2D eigenvalue weighted by Gasteiger charge is -2.36. The third-order valence-corrected chi connectivity index (χ3v) is 3.91. The van der Waals surface area contributed by atoms with E-state index in [9.17, 15) is 0 Å². The summed E-state index contributed by atoms with van der Waals surface area (Å²) in [5, 5.41) is 4.49. The molecule has 3 heteroatoms. The van der Waals surface area contributed by atoms with Gasteiger partial charge in [-0.1, -0.05) is 23.7 Å². The van der Waals surface area contributed by atoms with Crippen molar-refractivity contribution < 1.29 is 0 Å². The number of nitrogens with zero attached hydrogens (tertiary/aromatic N) is 1. The van der Waals surface area contributed by atoms with Crippen molar-refractivity contribution in [3.05, 3.63) is 34.9 Å². The zero-order valence-electron chi connectivity index (χ0n) is 11.3. The van der Waals surface area contributed by atoms with Crippen LogP contribution in [0.3, 0.4) is 0 Å². The van der Waals surface area contributed by atoms with E-state index < -0.39 is 0 Å². The van der Waals surface area contributed by atoms with Gasteiger partial charge in [0.15, 0.2) is 0 Å². The van der Waals surface area contributed by atoms with Crippen LogP contribution in [0.15, 0.2) is 24.3 Å². The fourth-order valence-corrected chi connectivity index (χ4v) is 2.72. The molecule has 0 bridgehead atoms. The van der Waals surface area contributed by atoms with Gasteiger partial charge >= 0.3 is 0 Å². The topological polar surface area (TPSA) is 15.3 Å². The molecule has 0 spiro atoms. The summed E-state index contributed by atoms with van der Waals surface area (Å²) in [6.45, 7) is 2.29. The van der Waals surface area contributed by atoms with Crippen LogP contribution in [-0.2, 0) is 0 Å². The van der Waals surface area contributed by atoms with Crippen molar-refractivity contribution in [3.63, 3.8) is 0 Å². The lowest BCUT2D eigenvalue weighted by Crippen LogP contribution is -2.41. The first-order valence-corrected chi connectivity index (χ1v) is 7.16. The molecule has 2 rings (SSSR count). The molecule has 1 N–H and O–H groups in total. The standard InChI is InChI=1S/C15H23ClN2/c1-18(2)8-4-7-17-15-10-13(11-15)12-5-3-6-14(16)9-12/h3,5-6,9,13,15,17H,4,7-8,10-11H2,1-2H3. The second kappa shape index (κ2) is 6.55. The van der Waals surface area contributed by atoms with Crippen molar-refractivity contribution in [2.45, 2.75) is 31.2 Å². The van der Waals surface area contributed by atoms with Crippen LogP contribution in [-0.4, -0.2) is 38.1 Å². The number of hydrogen-bond acceptors (Lipinski definition) is 2. The summed E-state index contributed by atoms with van der Waals surface area (Å²) >= 11 is 6.02. The fourth-order valence-electron chi connectivity index (χ4n) is 2.52. The van der Waals surface area contributed by atoms with Crippen LogP contribution in [0, 0.1) is 0 Å². The van der Waals surface area contributed by atoms with E-state index >= 15 is 0 Å². The molecule has 1 aromatic carbocycles. The van der Waals surface area contributed by atoms with Gasteiger partial charge in [0.2, 0.25) is 0 Å². The van der Waals surface area contributed by atoms with E-state index in [1.54, 1.807) is 0 Å². The highest BCUT2D eigenvalue weighted by Crippen LogP contribution is 2.37. The molecule has 0 radical (unpaired) electrons. The predicted molar refractivity (Wildman–Crippen MR) is 78.4 cm³/mol. The van der Waals surface area contributed by atoms with Crippen LogP contribution in [0.1, 0.15) is 30.7 Å². The Hall–Kier alpha value is -0.570. The molecule has 1 saturated carbocycles. The van der Waals surface area contributed by atoms with Gasteiger partial charge in [-0.15, -0.1) is 0 Å². The van der Waals surface area contributed by atoms with Crippen LogP contribution >= 0.6 is 11.6 Å². The van der Waals surface area contributed by atoms with E-state index in [0.29, 0.717) is 12.0 Å². The maximum Gasteiger partial charge on any atom is 0.0408 e. The minimum absolute atomic E-state index is 0.704. The molecule has 0 amide bonds. The van der Waals surface area contributed by atoms with Gasteiger partial charge in [-0.3, -0.25) is 0 Å². The van der Waals surface area contributed by atoms with Gasteiger partial charge in [0.25, 0.3) is 0 Å². The van der Waals surface area contributed by atoms with Crippen LogP contribution < -0.4 is 5.32 Å². The molecule has 1 aromatic rings. The Morgan fingerprint density at radius 2 is 2.11 bits per heavy atom. The van der Waals surface area contributed by atoms with Gasteiger partial charge in [0, 0.05) is 11.1 Å². The van der Waals surface area contributed by atoms with Crippen molar-refractivity contribution in [3.8, 4) is 0 Å². The van der Waals surface area contributed by atoms with Gasteiger partial charge in [0.05, 0.1) is 0 Å². The van der Waals surface area contributed by atoms with Crippen molar-refractivity contribution >= 4 is 11.6 Å². The Morgan fingerprint density at radius 3 is 2.78 bits per heavy atom. The highest BCUT2D eigenvalue weighted by molar-refractivity contribution is 6.30. The molecule has 1 fully saturated rings. The Balaban J connectivity index is 1.65. The summed E-state index contributed by atoms with van der Waals surface area (Å²) in [6.07, 6.45) is 3.73. The SMILES string of the molecule is CN(C)CCCNC1CC(c2cccc(Cl)c2)C1. The van der Waals surface area contributed by atoms with Crippen molar-refractivity contribution in [2.24, 2.45) is 0 Å². The van der Waals surface area contributed by atoms with Crippen LogP contribution in [0.5, 0.6) is 0 Å². The molecule has 0 heterocycles. The summed E-state index contributed by atoms with van der Waals surface area (Å²) in [4.78, 5) is 2.23. The normalized spacial score (nSPS) is 23.1. The first-order chi connectivity index (χ1) is 8.65. The quantitative estimate of drug-likeness (QED) is 0.796. The number of nitrogens with one attached hydrogen (secondary N) is 1. The van der Waals surface area contributed by atoms with E-state index in [2.05, 4.69) is 42.5 Å². The number of benzene rings is 1. The molecule has 1 aliphatic rings. The van der Waals surface area contributed by atoms with E-state index in [-0.39, 0.29) is 0 Å².